The molecule has 0 saturated carbocycles. The minimum atomic E-state index is -1.07. The monoisotopic (exact) mass is 625 g/mol. The van der Waals surface area contributed by atoms with Gasteiger partial charge in [0.2, 0.25) is 17.7 Å². The number of hydrogen-bond acceptors (Lipinski definition) is 5. The summed E-state index contributed by atoms with van der Waals surface area (Å²) in [5, 5.41) is 5.11. The van der Waals surface area contributed by atoms with Crippen LogP contribution in [0.2, 0.25) is 5.02 Å². The van der Waals surface area contributed by atoms with Crippen LogP contribution in [0.3, 0.4) is 0 Å². The van der Waals surface area contributed by atoms with E-state index in [0.717, 1.165) is 21.9 Å². The molecule has 1 aliphatic heterocycles. The third-order valence-electron chi connectivity index (χ3n) is 8.31. The molecule has 1 saturated heterocycles. The molecule has 3 aromatic carbocycles. The van der Waals surface area contributed by atoms with Crippen LogP contribution in [-0.2, 0) is 32.0 Å². The van der Waals surface area contributed by atoms with Gasteiger partial charge < -0.3 is 20.9 Å². The molecule has 1 fully saturated rings. The number of carbonyl (C=O) groups is 4. The Bertz CT molecular complexity index is 1690. The van der Waals surface area contributed by atoms with Gasteiger partial charge in [0, 0.05) is 42.8 Å². The number of nitrogens with one attached hydrogen (secondary N) is 1. The first kappa shape index (κ1) is 31.7. The number of nitrogens with two attached hydrogens (primary N) is 1. The molecule has 3 atom stereocenters. The van der Waals surface area contributed by atoms with E-state index in [-0.39, 0.29) is 31.8 Å². The van der Waals surface area contributed by atoms with E-state index in [1.165, 1.54) is 9.80 Å². The van der Waals surface area contributed by atoms with E-state index in [1.54, 1.807) is 42.7 Å². The molecule has 0 bridgehead atoms. The smallest absolute Gasteiger partial charge is 0.250 e. The highest BCUT2D eigenvalue weighted by Crippen LogP contribution is 2.33. The van der Waals surface area contributed by atoms with Crippen LogP contribution in [0.1, 0.15) is 42.5 Å². The average Bonchev–Trinajstić information content (AvgIpc) is 3.17. The van der Waals surface area contributed by atoms with E-state index in [0.29, 0.717) is 23.4 Å². The van der Waals surface area contributed by atoms with Crippen molar-refractivity contribution in [3.8, 4) is 0 Å². The fraction of sp³-hybridized carbons (Fsp3) is 0.286. The Labute approximate surface area is 267 Å². The molecule has 0 radical (unpaired) electrons. The zero-order chi connectivity index (χ0) is 31.9. The summed E-state index contributed by atoms with van der Waals surface area (Å²) in [7, 11) is 0. The van der Waals surface area contributed by atoms with Gasteiger partial charge in [0.15, 0.2) is 0 Å². The van der Waals surface area contributed by atoms with Crippen LogP contribution in [0.5, 0.6) is 0 Å². The molecule has 0 aliphatic carbocycles. The molecule has 1 aliphatic rings. The second-order valence-corrected chi connectivity index (χ2v) is 11.8. The van der Waals surface area contributed by atoms with Gasteiger partial charge in [0.1, 0.15) is 12.1 Å². The van der Waals surface area contributed by atoms with E-state index < -0.39 is 35.8 Å². The van der Waals surface area contributed by atoms with Crippen LogP contribution in [-0.4, -0.2) is 63.6 Å². The van der Waals surface area contributed by atoms with Gasteiger partial charge in [-0.05, 0) is 65.4 Å². The fourth-order valence-electron chi connectivity index (χ4n) is 5.99. The molecule has 4 amide bonds. The third-order valence-corrected chi connectivity index (χ3v) is 8.54. The Hall–Kier alpha value is -4.76. The predicted octanol–water partition coefficient (Wildman–Crippen LogP) is 4.22. The number of hydrogen-bond donors (Lipinski definition) is 2. The van der Waals surface area contributed by atoms with E-state index in [1.807, 2.05) is 55.5 Å². The minimum Gasteiger partial charge on any atom is -0.368 e. The van der Waals surface area contributed by atoms with Crippen LogP contribution in [0, 0.1) is 0 Å². The van der Waals surface area contributed by atoms with Gasteiger partial charge in [0.05, 0.1) is 6.54 Å². The van der Waals surface area contributed by atoms with Crippen molar-refractivity contribution in [2.24, 2.45) is 5.73 Å². The third kappa shape index (κ3) is 7.49. The number of aromatic nitrogens is 1. The molecule has 3 N–H and O–H groups in total. The number of aryl methyl sites for hydroxylation is 1. The van der Waals surface area contributed by atoms with Crippen molar-refractivity contribution < 1.29 is 19.2 Å². The van der Waals surface area contributed by atoms with E-state index >= 15 is 0 Å². The van der Waals surface area contributed by atoms with Crippen molar-refractivity contribution in [1.29, 1.82) is 0 Å². The fourth-order valence-corrected chi connectivity index (χ4v) is 6.18. The quantitative estimate of drug-likeness (QED) is 0.273. The predicted molar refractivity (Wildman–Crippen MR) is 173 cm³/mol. The highest BCUT2D eigenvalue weighted by atomic mass is 35.5. The van der Waals surface area contributed by atoms with Crippen LogP contribution in [0.15, 0.2) is 91.3 Å². The lowest BCUT2D eigenvalue weighted by atomic mass is 9.96. The normalized spacial score (nSPS) is 17.5. The molecular formula is C35H36ClN5O4. The summed E-state index contributed by atoms with van der Waals surface area (Å²) in [5.41, 5.74) is 8.29. The Kier molecular flexibility index (Phi) is 10.1. The lowest BCUT2D eigenvalue weighted by molar-refractivity contribution is -0.148. The molecule has 1 aromatic heterocycles. The molecule has 0 spiro atoms. The molecule has 10 heteroatoms. The number of fused-ring (bicyclic) bond motifs is 1. The van der Waals surface area contributed by atoms with Crippen molar-refractivity contribution in [3.63, 3.8) is 0 Å². The van der Waals surface area contributed by atoms with Crippen molar-refractivity contribution >= 4 is 46.0 Å². The van der Waals surface area contributed by atoms with Crippen molar-refractivity contribution in [2.75, 3.05) is 13.1 Å². The molecule has 5 rings (SSSR count). The summed E-state index contributed by atoms with van der Waals surface area (Å²) in [6.45, 7) is 1.80. The summed E-state index contributed by atoms with van der Waals surface area (Å²) >= 11 is 6.35. The number of nitrogens with zero attached hydrogens (tertiary/aromatic N) is 3. The SMILES string of the molecule is C[C@@H]1CCN([C@H](Cc2cccc3ccccc23)C(N)=O)C(=O)[C@H](c2cccc(Cl)c2)N1C(=O)CNC(=O)CCc1cccnc1. The van der Waals surface area contributed by atoms with Gasteiger partial charge in [-0.1, -0.05) is 72.3 Å². The van der Waals surface area contributed by atoms with E-state index in [4.69, 9.17) is 17.3 Å². The average molecular weight is 626 g/mol. The molecule has 9 nitrogen and oxygen atoms in total. The first-order valence-electron chi connectivity index (χ1n) is 15.0. The molecule has 0 unspecified atom stereocenters. The highest BCUT2D eigenvalue weighted by Gasteiger charge is 2.43. The summed E-state index contributed by atoms with van der Waals surface area (Å²) in [6, 6.07) is 21.8. The van der Waals surface area contributed by atoms with Gasteiger partial charge in [-0.25, -0.2) is 0 Å². The first-order chi connectivity index (χ1) is 21.7. The summed E-state index contributed by atoms with van der Waals surface area (Å²) < 4.78 is 0. The van der Waals surface area contributed by atoms with Gasteiger partial charge in [-0.3, -0.25) is 24.2 Å². The van der Waals surface area contributed by atoms with Gasteiger partial charge in [0.25, 0.3) is 5.91 Å². The van der Waals surface area contributed by atoms with Crippen molar-refractivity contribution in [3.05, 3.63) is 113 Å². The number of carbonyl (C=O) groups excluding carboxylic acids is 4. The van der Waals surface area contributed by atoms with Gasteiger partial charge >= 0.3 is 0 Å². The van der Waals surface area contributed by atoms with Crippen molar-refractivity contribution in [1.82, 2.24) is 20.1 Å². The molecular weight excluding hydrogens is 590 g/mol. The zero-order valence-electron chi connectivity index (χ0n) is 25.1. The number of benzene rings is 3. The number of pyridine rings is 1. The maximum Gasteiger partial charge on any atom is 0.250 e. The summed E-state index contributed by atoms with van der Waals surface area (Å²) in [6.07, 6.45) is 4.66. The number of amides is 4. The van der Waals surface area contributed by atoms with E-state index in [2.05, 4.69) is 10.3 Å². The van der Waals surface area contributed by atoms with Crippen molar-refractivity contribution in [2.45, 2.75) is 50.7 Å². The van der Waals surface area contributed by atoms with Crippen LogP contribution in [0.4, 0.5) is 0 Å². The standard InChI is InChI=1S/C35H36ClN5O4/c1-23-16-18-40(30(34(37)44)20-26-10-4-9-25-8-2-3-13-29(25)26)35(45)33(27-11-5-12-28(36)19-27)41(23)32(43)22-39-31(42)15-14-24-7-6-17-38-21-24/h2-13,17,19,21,23,30,33H,14-16,18,20,22H2,1H3,(H2,37,44)(H,39,42)/t23-,30-,33+/m1/s1. The second-order valence-electron chi connectivity index (χ2n) is 11.3. The molecule has 4 aromatic rings. The number of halogens is 1. The Balaban J connectivity index is 1.41. The molecule has 2 heterocycles. The molecule has 232 valence electrons. The topological polar surface area (TPSA) is 126 Å². The minimum absolute atomic E-state index is 0.188. The lowest BCUT2D eigenvalue weighted by Gasteiger charge is -2.36. The highest BCUT2D eigenvalue weighted by molar-refractivity contribution is 6.30. The number of rotatable bonds is 10. The maximum atomic E-state index is 14.5. The van der Waals surface area contributed by atoms with Crippen LogP contribution < -0.4 is 11.1 Å². The summed E-state index contributed by atoms with van der Waals surface area (Å²) in [4.78, 5) is 61.0. The van der Waals surface area contributed by atoms with Crippen LogP contribution in [0.25, 0.3) is 10.8 Å². The lowest BCUT2D eigenvalue weighted by Crippen LogP contribution is -2.53. The maximum absolute atomic E-state index is 14.5. The Morgan fingerprint density at radius 2 is 1.82 bits per heavy atom. The zero-order valence-corrected chi connectivity index (χ0v) is 25.8. The Morgan fingerprint density at radius 1 is 1.04 bits per heavy atom. The molecule has 45 heavy (non-hydrogen) atoms. The first-order valence-corrected chi connectivity index (χ1v) is 15.4. The number of primary amides is 1. The summed E-state index contributed by atoms with van der Waals surface area (Å²) in [5.74, 6) is -1.76. The van der Waals surface area contributed by atoms with Gasteiger partial charge in [-0.15, -0.1) is 0 Å². The van der Waals surface area contributed by atoms with Crippen LogP contribution >= 0.6 is 11.6 Å². The Morgan fingerprint density at radius 3 is 2.58 bits per heavy atom. The van der Waals surface area contributed by atoms with E-state index in [9.17, 15) is 19.2 Å². The van der Waals surface area contributed by atoms with Gasteiger partial charge in [-0.2, -0.15) is 0 Å². The largest absolute Gasteiger partial charge is 0.368 e. The second kappa shape index (κ2) is 14.3.